The van der Waals surface area contributed by atoms with Crippen molar-refractivity contribution in [1.29, 1.82) is 5.26 Å². The van der Waals surface area contributed by atoms with Crippen molar-refractivity contribution in [2.75, 3.05) is 11.9 Å². The first-order valence-corrected chi connectivity index (χ1v) is 8.07. The van der Waals surface area contributed by atoms with Gasteiger partial charge >= 0.3 is 5.97 Å². The molecule has 0 fully saturated rings. The Labute approximate surface area is 142 Å². The van der Waals surface area contributed by atoms with Crippen molar-refractivity contribution in [2.45, 2.75) is 6.92 Å². The van der Waals surface area contributed by atoms with Crippen LogP contribution in [0.1, 0.15) is 6.92 Å². The van der Waals surface area contributed by atoms with Crippen LogP contribution in [0.4, 0.5) is 5.13 Å². The molecule has 0 atom stereocenters. The largest absolute Gasteiger partial charge is 0.462 e. The Balaban J connectivity index is 1.78. The molecular weight excluding hydrogens is 326 g/mol. The average Bonchev–Trinajstić information content (AvgIpc) is 3.22. The third kappa shape index (κ3) is 3.29. The number of anilines is 1. The minimum absolute atomic E-state index is 0.114. The molecule has 1 aromatic carbocycles. The van der Waals surface area contributed by atoms with E-state index >= 15 is 0 Å². The lowest BCUT2D eigenvalue weighted by atomic mass is 10.2. The quantitative estimate of drug-likeness (QED) is 0.430. The van der Waals surface area contributed by atoms with Crippen LogP contribution in [0.2, 0.25) is 0 Å². The number of carbonyl (C=O) groups excluding carboxylic acids is 1. The van der Waals surface area contributed by atoms with E-state index in [-0.39, 0.29) is 12.2 Å². The number of para-hydroxylation sites is 1. The predicted octanol–water partition coefficient (Wildman–Crippen LogP) is 3.94. The minimum atomic E-state index is -0.665. The summed E-state index contributed by atoms with van der Waals surface area (Å²) in [5.41, 5.74) is 1.36. The summed E-state index contributed by atoms with van der Waals surface area (Å²) in [6.45, 7) is 1.89. The highest BCUT2D eigenvalue weighted by molar-refractivity contribution is 7.14. The monoisotopic (exact) mass is 339 g/mol. The van der Waals surface area contributed by atoms with Gasteiger partial charge in [0.05, 0.1) is 6.61 Å². The van der Waals surface area contributed by atoms with Crippen molar-refractivity contribution in [3.63, 3.8) is 0 Å². The van der Waals surface area contributed by atoms with E-state index in [1.807, 2.05) is 35.7 Å². The van der Waals surface area contributed by atoms with E-state index in [4.69, 9.17) is 14.4 Å². The molecule has 120 valence electrons. The number of hydrogen-bond donors (Lipinski definition) is 1. The number of thiazole rings is 1. The van der Waals surface area contributed by atoms with Crippen molar-refractivity contribution >= 4 is 33.4 Å². The Morgan fingerprint density at radius 2 is 2.33 bits per heavy atom. The molecule has 0 aliphatic carbocycles. The molecule has 7 heteroatoms. The number of ether oxygens (including phenoxy) is 1. The highest BCUT2D eigenvalue weighted by atomic mass is 32.1. The van der Waals surface area contributed by atoms with Crippen molar-refractivity contribution in [3.05, 3.63) is 47.5 Å². The standard InChI is InChI=1S/C17H13N3O3S/c1-2-22-16(21)12(8-18)9-19-17-20-13(10-24-17)15-7-11-5-3-4-6-14(11)23-15/h3-7,9-10H,2H2,1H3,(H,19,20)/b12-9+. The van der Waals surface area contributed by atoms with E-state index in [1.54, 1.807) is 13.0 Å². The second-order valence-electron chi connectivity index (χ2n) is 4.72. The van der Waals surface area contributed by atoms with Crippen LogP contribution in [0, 0.1) is 11.3 Å². The van der Waals surface area contributed by atoms with Gasteiger partial charge in [0.15, 0.2) is 16.5 Å². The molecule has 0 aliphatic rings. The van der Waals surface area contributed by atoms with Gasteiger partial charge in [-0.1, -0.05) is 18.2 Å². The molecule has 0 amide bonds. The SMILES string of the molecule is CCOC(=O)/C(C#N)=C/Nc1nc(-c2cc3ccccc3o2)cs1. The number of nitrogens with one attached hydrogen (secondary N) is 1. The molecule has 2 heterocycles. The number of furan rings is 1. The molecular formula is C17H13N3O3S. The maximum atomic E-state index is 11.5. The molecule has 6 nitrogen and oxygen atoms in total. The summed E-state index contributed by atoms with van der Waals surface area (Å²) in [6, 6.07) is 11.4. The van der Waals surface area contributed by atoms with Gasteiger partial charge in [-0.05, 0) is 19.1 Å². The van der Waals surface area contributed by atoms with E-state index in [0.29, 0.717) is 16.6 Å². The zero-order valence-corrected chi connectivity index (χ0v) is 13.6. The van der Waals surface area contributed by atoms with Crippen LogP contribution in [0.15, 0.2) is 51.9 Å². The van der Waals surface area contributed by atoms with Crippen LogP contribution >= 0.6 is 11.3 Å². The van der Waals surface area contributed by atoms with Crippen LogP contribution in [0.25, 0.3) is 22.4 Å². The van der Waals surface area contributed by atoms with E-state index in [0.717, 1.165) is 11.0 Å². The van der Waals surface area contributed by atoms with Crippen LogP contribution in [-0.4, -0.2) is 17.6 Å². The molecule has 0 saturated carbocycles. The van der Waals surface area contributed by atoms with Crippen LogP contribution < -0.4 is 5.32 Å². The van der Waals surface area contributed by atoms with E-state index in [2.05, 4.69) is 10.3 Å². The summed E-state index contributed by atoms with van der Waals surface area (Å²) < 4.78 is 10.5. The Kier molecular flexibility index (Phi) is 4.59. The zero-order chi connectivity index (χ0) is 16.9. The molecule has 0 radical (unpaired) electrons. The lowest BCUT2D eigenvalue weighted by Crippen LogP contribution is -2.07. The number of esters is 1. The Hall–Kier alpha value is -3.11. The normalized spacial score (nSPS) is 11.2. The molecule has 0 unspecified atom stereocenters. The van der Waals surface area contributed by atoms with Gasteiger partial charge in [0.2, 0.25) is 0 Å². The van der Waals surface area contributed by atoms with Gasteiger partial charge in [0, 0.05) is 17.0 Å². The van der Waals surface area contributed by atoms with Gasteiger partial charge in [-0.25, -0.2) is 9.78 Å². The van der Waals surface area contributed by atoms with Gasteiger partial charge in [0.1, 0.15) is 17.3 Å². The highest BCUT2D eigenvalue weighted by Crippen LogP contribution is 2.30. The molecule has 1 N–H and O–H groups in total. The molecule has 0 spiro atoms. The number of carbonyl (C=O) groups is 1. The molecule has 0 aliphatic heterocycles. The number of benzene rings is 1. The molecule has 3 aromatic rings. The number of rotatable bonds is 5. The van der Waals surface area contributed by atoms with Crippen molar-refractivity contribution in [1.82, 2.24) is 4.98 Å². The van der Waals surface area contributed by atoms with Crippen LogP contribution in [0.3, 0.4) is 0 Å². The van der Waals surface area contributed by atoms with E-state index in [1.165, 1.54) is 17.5 Å². The zero-order valence-electron chi connectivity index (χ0n) is 12.8. The third-order valence-corrected chi connectivity index (χ3v) is 3.91. The second kappa shape index (κ2) is 6.98. The number of fused-ring (bicyclic) bond motifs is 1. The number of nitrogens with zero attached hydrogens (tertiary/aromatic N) is 2. The first kappa shape index (κ1) is 15.8. The highest BCUT2D eigenvalue weighted by Gasteiger charge is 2.12. The molecule has 3 rings (SSSR count). The maximum Gasteiger partial charge on any atom is 0.350 e. The first-order chi connectivity index (χ1) is 11.7. The Bertz CT molecular complexity index is 916. The van der Waals surface area contributed by atoms with Crippen molar-refractivity contribution < 1.29 is 13.9 Å². The van der Waals surface area contributed by atoms with Gasteiger partial charge in [-0.15, -0.1) is 11.3 Å². The van der Waals surface area contributed by atoms with Crippen LogP contribution in [-0.2, 0) is 9.53 Å². The lowest BCUT2D eigenvalue weighted by Gasteiger charge is -1.99. The average molecular weight is 339 g/mol. The van der Waals surface area contributed by atoms with Crippen molar-refractivity contribution in [2.24, 2.45) is 0 Å². The number of aromatic nitrogens is 1. The van der Waals surface area contributed by atoms with Crippen molar-refractivity contribution in [3.8, 4) is 17.5 Å². The fourth-order valence-corrected chi connectivity index (χ4v) is 2.71. The first-order valence-electron chi connectivity index (χ1n) is 7.19. The number of nitriles is 1. The second-order valence-corrected chi connectivity index (χ2v) is 5.58. The summed E-state index contributed by atoms with van der Waals surface area (Å²) in [6.07, 6.45) is 1.29. The molecule has 0 saturated heterocycles. The summed E-state index contributed by atoms with van der Waals surface area (Å²) >= 11 is 1.34. The van der Waals surface area contributed by atoms with E-state index in [9.17, 15) is 4.79 Å². The van der Waals surface area contributed by atoms with E-state index < -0.39 is 5.97 Å². The summed E-state index contributed by atoms with van der Waals surface area (Å²) in [5, 5.41) is 15.2. The maximum absolute atomic E-state index is 11.5. The Morgan fingerprint density at radius 3 is 3.08 bits per heavy atom. The smallest absolute Gasteiger partial charge is 0.350 e. The predicted molar refractivity (Wildman–Crippen MR) is 91.3 cm³/mol. The lowest BCUT2D eigenvalue weighted by molar-refractivity contribution is -0.138. The molecule has 0 bridgehead atoms. The third-order valence-electron chi connectivity index (χ3n) is 3.14. The summed E-state index contributed by atoms with van der Waals surface area (Å²) in [7, 11) is 0. The molecule has 24 heavy (non-hydrogen) atoms. The Morgan fingerprint density at radius 1 is 1.50 bits per heavy atom. The summed E-state index contributed by atoms with van der Waals surface area (Å²) in [4.78, 5) is 15.9. The molecule has 2 aromatic heterocycles. The fraction of sp³-hybridized carbons (Fsp3) is 0.118. The van der Waals surface area contributed by atoms with Gasteiger partial charge in [-0.2, -0.15) is 5.26 Å². The fourth-order valence-electron chi connectivity index (χ4n) is 2.04. The topological polar surface area (TPSA) is 88.2 Å². The van der Waals surface area contributed by atoms with Gasteiger partial charge < -0.3 is 14.5 Å². The van der Waals surface area contributed by atoms with Gasteiger partial charge in [0.25, 0.3) is 0 Å². The minimum Gasteiger partial charge on any atom is -0.462 e. The van der Waals surface area contributed by atoms with Crippen LogP contribution in [0.5, 0.6) is 0 Å². The summed E-state index contributed by atoms with van der Waals surface area (Å²) in [5.74, 6) is -0.00283. The van der Waals surface area contributed by atoms with Gasteiger partial charge in [-0.3, -0.25) is 0 Å². The number of hydrogen-bond acceptors (Lipinski definition) is 7.